The zero-order chi connectivity index (χ0) is 32.6. The maximum atomic E-state index is 12.5. The van der Waals surface area contributed by atoms with Gasteiger partial charge in [-0.1, -0.05) is 96.1 Å². The summed E-state index contributed by atoms with van der Waals surface area (Å²) in [5.74, 6) is -0.0643. The summed E-state index contributed by atoms with van der Waals surface area (Å²) in [6.45, 7) is 15.2. The first-order valence-electron chi connectivity index (χ1n) is 16.0. The van der Waals surface area contributed by atoms with Crippen molar-refractivity contribution in [3.63, 3.8) is 0 Å². The third kappa shape index (κ3) is 6.17. The molecule has 0 saturated heterocycles. The quantitative estimate of drug-likeness (QED) is 0.145. The Bertz CT molecular complexity index is 1820. The number of hydrogen-bond donors (Lipinski definition) is 2. The fraction of sp³-hybridized carbons (Fsp3) is 0.359. The van der Waals surface area contributed by atoms with Crippen LogP contribution < -0.4 is 10.5 Å². The fourth-order valence-electron chi connectivity index (χ4n) is 6.43. The lowest BCUT2D eigenvalue weighted by Gasteiger charge is -2.26. The highest BCUT2D eigenvalue weighted by molar-refractivity contribution is 9.11. The van der Waals surface area contributed by atoms with Crippen molar-refractivity contribution in [3.05, 3.63) is 98.3 Å². The van der Waals surface area contributed by atoms with Crippen molar-refractivity contribution >= 4 is 54.1 Å². The summed E-state index contributed by atoms with van der Waals surface area (Å²) in [5, 5.41) is 13.8. The number of halogens is 1. The van der Waals surface area contributed by atoms with Crippen LogP contribution in [0, 0.1) is 6.92 Å². The minimum absolute atomic E-state index is 0.108. The first-order valence-corrected chi connectivity index (χ1v) is 17.6. The molecule has 4 nitrogen and oxygen atoms in total. The van der Waals surface area contributed by atoms with Gasteiger partial charge in [0.15, 0.2) is 6.10 Å². The smallest absolute Gasteiger partial charge is 0.345 e. The summed E-state index contributed by atoms with van der Waals surface area (Å²) in [6, 6.07) is 22.7. The molecule has 5 aromatic rings. The predicted octanol–water partition coefficient (Wildman–Crippen LogP) is 11.1. The topological polar surface area (TPSA) is 72.5 Å². The summed E-state index contributed by atoms with van der Waals surface area (Å²) in [6.07, 6.45) is 1.00. The van der Waals surface area contributed by atoms with E-state index < -0.39 is 17.6 Å². The molecule has 45 heavy (non-hydrogen) atoms. The molecular formula is C39H44BrNO3S. The van der Waals surface area contributed by atoms with Crippen LogP contribution in [0.15, 0.2) is 71.2 Å². The van der Waals surface area contributed by atoms with Crippen LogP contribution in [0.25, 0.3) is 32.0 Å². The SMILES string of the molecule is CCC(N)(CC)c1sc2c(Br)c3ccccc3c(-c3cc(C(C)C)c(O[C@H](Cc4ccccc4)C(=O)O)c(C(C)C)c3)c2c1C. The molecule has 0 radical (unpaired) electrons. The number of aliphatic carboxylic acids is 1. The number of hydrogen-bond acceptors (Lipinski definition) is 4. The molecule has 236 valence electrons. The van der Waals surface area contributed by atoms with E-state index in [1.54, 1.807) is 11.3 Å². The Hall–Kier alpha value is -3.19. The van der Waals surface area contributed by atoms with E-state index >= 15 is 0 Å². The molecular weight excluding hydrogens is 642 g/mol. The average molecular weight is 687 g/mol. The van der Waals surface area contributed by atoms with Gasteiger partial charge in [-0.15, -0.1) is 11.3 Å². The van der Waals surface area contributed by atoms with E-state index in [1.807, 2.05) is 30.3 Å². The number of carboxylic acids is 1. The first-order chi connectivity index (χ1) is 21.4. The van der Waals surface area contributed by atoms with Crippen LogP contribution in [-0.2, 0) is 16.8 Å². The van der Waals surface area contributed by atoms with Gasteiger partial charge in [-0.25, -0.2) is 4.79 Å². The molecule has 1 aromatic heterocycles. The molecule has 1 atom stereocenters. The highest BCUT2D eigenvalue weighted by Crippen LogP contribution is 2.51. The normalized spacial score (nSPS) is 12.9. The van der Waals surface area contributed by atoms with Gasteiger partial charge >= 0.3 is 5.97 Å². The summed E-state index contributed by atoms with van der Waals surface area (Å²) < 4.78 is 8.84. The molecule has 0 spiro atoms. The lowest BCUT2D eigenvalue weighted by atomic mass is 9.84. The molecule has 4 aromatic carbocycles. The van der Waals surface area contributed by atoms with Crippen molar-refractivity contribution in [3.8, 4) is 16.9 Å². The second-order valence-electron chi connectivity index (χ2n) is 12.8. The van der Waals surface area contributed by atoms with E-state index in [-0.39, 0.29) is 18.3 Å². The monoisotopic (exact) mass is 685 g/mol. The van der Waals surface area contributed by atoms with Crippen molar-refractivity contribution < 1.29 is 14.6 Å². The number of aryl methyl sites for hydroxylation is 1. The van der Waals surface area contributed by atoms with Crippen LogP contribution in [0.4, 0.5) is 0 Å². The number of carboxylic acid groups (broad SMARTS) is 1. The number of nitrogens with two attached hydrogens (primary N) is 1. The maximum Gasteiger partial charge on any atom is 0.345 e. The molecule has 0 aliphatic rings. The van der Waals surface area contributed by atoms with Crippen LogP contribution in [0.3, 0.4) is 0 Å². The van der Waals surface area contributed by atoms with Gasteiger partial charge < -0.3 is 15.6 Å². The van der Waals surface area contributed by atoms with Crippen molar-refractivity contribution in [2.45, 2.75) is 91.2 Å². The number of carbonyl (C=O) groups is 1. The largest absolute Gasteiger partial charge is 0.478 e. The van der Waals surface area contributed by atoms with Gasteiger partial charge in [-0.2, -0.15) is 0 Å². The van der Waals surface area contributed by atoms with Crippen LogP contribution in [0.2, 0.25) is 0 Å². The second kappa shape index (κ2) is 13.3. The van der Waals surface area contributed by atoms with Crippen molar-refractivity contribution in [1.82, 2.24) is 0 Å². The number of ether oxygens (including phenoxy) is 1. The number of benzene rings is 4. The molecule has 0 unspecified atom stereocenters. The molecule has 5 rings (SSSR count). The number of rotatable bonds is 11. The Morgan fingerprint density at radius 3 is 2.02 bits per heavy atom. The van der Waals surface area contributed by atoms with Crippen molar-refractivity contribution in [1.29, 1.82) is 0 Å². The minimum Gasteiger partial charge on any atom is -0.478 e. The van der Waals surface area contributed by atoms with Crippen LogP contribution in [0.1, 0.15) is 93.4 Å². The van der Waals surface area contributed by atoms with Gasteiger partial charge in [0.2, 0.25) is 0 Å². The fourth-order valence-corrected chi connectivity index (χ4v) is 8.72. The van der Waals surface area contributed by atoms with E-state index in [9.17, 15) is 9.90 Å². The molecule has 1 heterocycles. The van der Waals surface area contributed by atoms with E-state index in [0.717, 1.165) is 45.0 Å². The Kier molecular flexibility index (Phi) is 9.79. The summed E-state index contributed by atoms with van der Waals surface area (Å²) >= 11 is 5.80. The summed E-state index contributed by atoms with van der Waals surface area (Å²) in [5.41, 5.74) is 13.1. The Morgan fingerprint density at radius 1 is 0.933 bits per heavy atom. The van der Waals surface area contributed by atoms with Gasteiger partial charge in [0.05, 0.1) is 10.2 Å². The molecule has 0 amide bonds. The van der Waals surface area contributed by atoms with Crippen molar-refractivity contribution in [2.75, 3.05) is 0 Å². The van der Waals surface area contributed by atoms with Gasteiger partial charge in [0.1, 0.15) is 5.75 Å². The molecule has 0 fully saturated rings. The lowest BCUT2D eigenvalue weighted by molar-refractivity contribution is -0.145. The molecule has 6 heteroatoms. The third-order valence-electron chi connectivity index (χ3n) is 9.22. The first kappa shape index (κ1) is 33.2. The molecule has 0 aliphatic carbocycles. The second-order valence-corrected chi connectivity index (χ2v) is 14.6. The van der Waals surface area contributed by atoms with Crippen LogP contribution >= 0.6 is 27.3 Å². The zero-order valence-corrected chi connectivity index (χ0v) is 29.7. The Balaban J connectivity index is 1.80. The molecule has 0 aliphatic heterocycles. The molecule has 3 N–H and O–H groups in total. The Labute approximate surface area is 279 Å². The highest BCUT2D eigenvalue weighted by Gasteiger charge is 2.31. The standard InChI is InChI=1S/C39H44BrNO3S/c1-8-39(41,9-2)37-24(7)32-33(27-17-13-14-18-28(27)34(40)36(32)45-37)26-20-29(22(3)4)35(30(21-26)23(5)6)44-31(38(42)43)19-25-15-11-10-12-16-25/h10-18,20-23,31H,8-9,19,41H2,1-7H3,(H,42,43)/t31-/m1/s1. The van der Waals surface area contributed by atoms with Crippen LogP contribution in [-0.4, -0.2) is 17.2 Å². The van der Waals surface area contributed by atoms with Gasteiger partial charge in [0.25, 0.3) is 0 Å². The average Bonchev–Trinajstić information content (AvgIpc) is 3.38. The van der Waals surface area contributed by atoms with Gasteiger partial charge in [0, 0.05) is 21.2 Å². The molecule has 0 saturated carbocycles. The van der Waals surface area contributed by atoms with Gasteiger partial charge in [-0.3, -0.25) is 0 Å². The van der Waals surface area contributed by atoms with Crippen LogP contribution in [0.5, 0.6) is 5.75 Å². The van der Waals surface area contributed by atoms with E-state index in [2.05, 4.69) is 101 Å². The third-order valence-corrected chi connectivity index (χ3v) is 11.8. The van der Waals surface area contributed by atoms with Gasteiger partial charge in [-0.05, 0) is 104 Å². The predicted molar refractivity (Wildman–Crippen MR) is 194 cm³/mol. The maximum absolute atomic E-state index is 12.5. The number of fused-ring (bicyclic) bond motifs is 2. The summed E-state index contributed by atoms with van der Waals surface area (Å²) in [4.78, 5) is 13.7. The number of thiophene rings is 1. The summed E-state index contributed by atoms with van der Waals surface area (Å²) in [7, 11) is 0. The zero-order valence-electron chi connectivity index (χ0n) is 27.3. The van der Waals surface area contributed by atoms with Crippen molar-refractivity contribution in [2.24, 2.45) is 5.73 Å². The Morgan fingerprint density at radius 2 is 1.49 bits per heavy atom. The minimum atomic E-state index is -1.00. The van der Waals surface area contributed by atoms with E-state index in [4.69, 9.17) is 10.5 Å². The highest BCUT2D eigenvalue weighted by atomic mass is 79.9. The van der Waals surface area contributed by atoms with E-state index in [1.165, 1.54) is 31.5 Å². The van der Waals surface area contributed by atoms with E-state index in [0.29, 0.717) is 5.75 Å². The molecule has 0 bridgehead atoms. The lowest BCUT2D eigenvalue weighted by Crippen LogP contribution is -2.34.